The lowest BCUT2D eigenvalue weighted by molar-refractivity contribution is 0.161. The number of aliphatic hydroxyl groups is 1. The number of benzene rings is 1. The Morgan fingerprint density at radius 3 is 2.31 bits per heavy atom. The van der Waals surface area contributed by atoms with Crippen molar-refractivity contribution in [3.63, 3.8) is 0 Å². The molecular weight excluding hydrogens is 198 g/mol. The molecule has 0 spiro atoms. The first-order valence-corrected chi connectivity index (χ1v) is 6.25. The van der Waals surface area contributed by atoms with Gasteiger partial charge in [-0.1, -0.05) is 30.3 Å². The molecule has 16 heavy (non-hydrogen) atoms. The van der Waals surface area contributed by atoms with Crippen molar-refractivity contribution in [1.29, 1.82) is 0 Å². The average molecular weight is 217 g/mol. The van der Waals surface area contributed by atoms with Gasteiger partial charge in [-0.3, -0.25) is 4.90 Å². The van der Waals surface area contributed by atoms with E-state index < -0.39 is 0 Å². The summed E-state index contributed by atoms with van der Waals surface area (Å²) < 4.78 is 0. The van der Waals surface area contributed by atoms with Crippen LogP contribution in [0.15, 0.2) is 30.3 Å². The van der Waals surface area contributed by atoms with Crippen LogP contribution in [0.1, 0.15) is 18.4 Å². The van der Waals surface area contributed by atoms with Crippen molar-refractivity contribution in [2.45, 2.75) is 25.5 Å². The molecule has 1 aromatic rings. The maximum absolute atomic E-state index is 9.59. The van der Waals surface area contributed by atoms with E-state index in [1.807, 2.05) is 0 Å². The van der Waals surface area contributed by atoms with Gasteiger partial charge in [-0.05, 0) is 30.2 Å². The van der Waals surface area contributed by atoms with Crippen LogP contribution < -0.4 is 0 Å². The minimum atomic E-state index is -0.0196. The minimum absolute atomic E-state index is 0.0196. The summed E-state index contributed by atoms with van der Waals surface area (Å²) in [4.78, 5) is 2.54. The first kappa shape index (κ1) is 10.3. The molecule has 2 aliphatic rings. The molecule has 3 rings (SSSR count). The number of rotatable bonds is 2. The Balaban J connectivity index is 1.60. The summed E-state index contributed by atoms with van der Waals surface area (Å²) in [6.07, 6.45) is 2.03. The maximum Gasteiger partial charge on any atom is 0.0546 e. The predicted molar refractivity (Wildman–Crippen MR) is 63.9 cm³/mol. The first-order chi connectivity index (χ1) is 7.81. The number of fused-ring (bicyclic) bond motifs is 1. The van der Waals surface area contributed by atoms with Gasteiger partial charge in [0.15, 0.2) is 0 Å². The zero-order valence-electron chi connectivity index (χ0n) is 9.55. The van der Waals surface area contributed by atoms with Crippen LogP contribution in [0.4, 0.5) is 0 Å². The Labute approximate surface area is 96.9 Å². The Kier molecular flexibility index (Phi) is 2.70. The van der Waals surface area contributed by atoms with Crippen LogP contribution in [-0.4, -0.2) is 29.2 Å². The minimum Gasteiger partial charge on any atom is -0.393 e. The summed E-state index contributed by atoms with van der Waals surface area (Å²) >= 11 is 0. The number of nitrogens with zero attached hydrogens (tertiary/aromatic N) is 1. The standard InChI is InChI=1S/C14H19NO/c16-14-6-12-9-15(10-13(12)7-14)8-11-4-2-1-3-5-11/h1-5,12-14,16H,6-10H2/t12-,13-/m0/s1. The van der Waals surface area contributed by atoms with Gasteiger partial charge in [0.1, 0.15) is 0 Å². The molecule has 0 aromatic heterocycles. The molecule has 2 fully saturated rings. The van der Waals surface area contributed by atoms with E-state index in [1.165, 1.54) is 18.7 Å². The normalized spacial score (nSPS) is 30.8. The molecule has 86 valence electrons. The van der Waals surface area contributed by atoms with E-state index in [1.54, 1.807) is 0 Å². The van der Waals surface area contributed by atoms with Crippen LogP contribution >= 0.6 is 0 Å². The van der Waals surface area contributed by atoms with Gasteiger partial charge >= 0.3 is 0 Å². The van der Waals surface area contributed by atoms with E-state index in [0.717, 1.165) is 31.2 Å². The molecule has 1 N–H and O–H groups in total. The van der Waals surface area contributed by atoms with Gasteiger partial charge in [0.2, 0.25) is 0 Å². The van der Waals surface area contributed by atoms with E-state index in [9.17, 15) is 5.11 Å². The summed E-state index contributed by atoms with van der Waals surface area (Å²) in [6.45, 7) is 3.43. The van der Waals surface area contributed by atoms with Crippen LogP contribution in [0.25, 0.3) is 0 Å². The van der Waals surface area contributed by atoms with Crippen molar-refractivity contribution in [3.8, 4) is 0 Å². The Hall–Kier alpha value is -0.860. The van der Waals surface area contributed by atoms with Crippen LogP contribution in [0.3, 0.4) is 0 Å². The molecule has 1 saturated heterocycles. The highest BCUT2D eigenvalue weighted by molar-refractivity contribution is 5.14. The molecule has 0 bridgehead atoms. The Morgan fingerprint density at radius 2 is 1.69 bits per heavy atom. The number of aliphatic hydroxyl groups excluding tert-OH is 1. The predicted octanol–water partition coefficient (Wildman–Crippen LogP) is 1.89. The van der Waals surface area contributed by atoms with Gasteiger partial charge in [-0.2, -0.15) is 0 Å². The summed E-state index contributed by atoms with van der Waals surface area (Å²) in [5.74, 6) is 1.50. The fraction of sp³-hybridized carbons (Fsp3) is 0.571. The lowest BCUT2D eigenvalue weighted by Gasteiger charge is -2.17. The molecule has 1 aromatic carbocycles. The lowest BCUT2D eigenvalue weighted by atomic mass is 10.0. The second-order valence-corrected chi connectivity index (χ2v) is 5.33. The largest absolute Gasteiger partial charge is 0.393 e. The second kappa shape index (κ2) is 4.19. The van der Waals surface area contributed by atoms with Gasteiger partial charge in [0, 0.05) is 19.6 Å². The zero-order chi connectivity index (χ0) is 11.0. The van der Waals surface area contributed by atoms with Crippen molar-refractivity contribution >= 4 is 0 Å². The molecule has 0 amide bonds. The third kappa shape index (κ3) is 2.00. The molecule has 1 heterocycles. The van der Waals surface area contributed by atoms with Crippen molar-refractivity contribution < 1.29 is 5.11 Å². The summed E-state index contributed by atoms with van der Waals surface area (Å²) in [7, 11) is 0. The van der Waals surface area contributed by atoms with E-state index >= 15 is 0 Å². The monoisotopic (exact) mass is 217 g/mol. The highest BCUT2D eigenvalue weighted by Gasteiger charge is 2.39. The van der Waals surface area contributed by atoms with Crippen molar-refractivity contribution in [2.24, 2.45) is 11.8 Å². The van der Waals surface area contributed by atoms with E-state index in [0.29, 0.717) is 0 Å². The summed E-state index contributed by atoms with van der Waals surface area (Å²) in [5.41, 5.74) is 1.41. The third-order valence-electron chi connectivity index (χ3n) is 4.05. The molecule has 1 aliphatic heterocycles. The van der Waals surface area contributed by atoms with Crippen molar-refractivity contribution in [2.75, 3.05) is 13.1 Å². The van der Waals surface area contributed by atoms with Crippen molar-refractivity contribution in [1.82, 2.24) is 4.90 Å². The summed E-state index contributed by atoms with van der Waals surface area (Å²) in [5, 5.41) is 9.59. The molecule has 2 heteroatoms. The van der Waals surface area contributed by atoms with Gasteiger partial charge in [0.25, 0.3) is 0 Å². The average Bonchev–Trinajstić information content (AvgIpc) is 2.76. The van der Waals surface area contributed by atoms with Crippen LogP contribution in [0, 0.1) is 11.8 Å². The smallest absolute Gasteiger partial charge is 0.0546 e. The second-order valence-electron chi connectivity index (χ2n) is 5.33. The number of hydrogen-bond acceptors (Lipinski definition) is 2. The highest BCUT2D eigenvalue weighted by Crippen LogP contribution is 2.38. The van der Waals surface area contributed by atoms with E-state index in [2.05, 4.69) is 35.2 Å². The van der Waals surface area contributed by atoms with Crippen LogP contribution in [-0.2, 0) is 6.54 Å². The lowest BCUT2D eigenvalue weighted by Crippen LogP contribution is -2.22. The molecule has 1 aliphatic carbocycles. The highest BCUT2D eigenvalue weighted by atomic mass is 16.3. The fourth-order valence-electron chi connectivity index (χ4n) is 3.34. The van der Waals surface area contributed by atoms with Gasteiger partial charge in [-0.15, -0.1) is 0 Å². The Morgan fingerprint density at radius 1 is 1.06 bits per heavy atom. The molecule has 2 nitrogen and oxygen atoms in total. The first-order valence-electron chi connectivity index (χ1n) is 6.25. The third-order valence-corrected chi connectivity index (χ3v) is 4.05. The van der Waals surface area contributed by atoms with E-state index in [-0.39, 0.29) is 6.10 Å². The van der Waals surface area contributed by atoms with Gasteiger partial charge in [-0.25, -0.2) is 0 Å². The van der Waals surface area contributed by atoms with Crippen LogP contribution in [0.2, 0.25) is 0 Å². The molecule has 0 unspecified atom stereocenters. The molecule has 0 radical (unpaired) electrons. The topological polar surface area (TPSA) is 23.5 Å². The molecular formula is C14H19NO. The molecule has 1 saturated carbocycles. The fourth-order valence-corrected chi connectivity index (χ4v) is 3.34. The van der Waals surface area contributed by atoms with Crippen molar-refractivity contribution in [3.05, 3.63) is 35.9 Å². The van der Waals surface area contributed by atoms with E-state index in [4.69, 9.17) is 0 Å². The zero-order valence-corrected chi connectivity index (χ0v) is 9.55. The SMILES string of the molecule is OC1C[C@H]2CN(Cc3ccccc3)C[C@@H]2C1. The Bertz CT molecular complexity index is 337. The number of hydrogen-bond donors (Lipinski definition) is 1. The number of likely N-dealkylation sites (tertiary alicyclic amines) is 1. The van der Waals surface area contributed by atoms with Gasteiger partial charge in [0.05, 0.1) is 6.10 Å². The van der Waals surface area contributed by atoms with Gasteiger partial charge < -0.3 is 5.11 Å². The summed E-state index contributed by atoms with van der Waals surface area (Å²) in [6, 6.07) is 10.7. The molecule has 2 atom stereocenters. The quantitative estimate of drug-likeness (QED) is 0.817. The maximum atomic E-state index is 9.59. The van der Waals surface area contributed by atoms with Crippen LogP contribution in [0.5, 0.6) is 0 Å².